The monoisotopic (exact) mass is 377 g/mol. The number of halogens is 1. The summed E-state index contributed by atoms with van der Waals surface area (Å²) in [7, 11) is 0. The van der Waals surface area contributed by atoms with Crippen LogP contribution in [0.1, 0.15) is 21.5 Å². The van der Waals surface area contributed by atoms with E-state index in [0.29, 0.717) is 10.7 Å². The van der Waals surface area contributed by atoms with Crippen molar-refractivity contribution in [1.82, 2.24) is 0 Å². The van der Waals surface area contributed by atoms with Crippen molar-refractivity contribution in [2.24, 2.45) is 0 Å². The number of nitrogens with one attached hydrogen (secondary N) is 1. The zero-order valence-corrected chi connectivity index (χ0v) is 14.8. The quantitative estimate of drug-likeness (QED) is 0.356. The van der Waals surface area contributed by atoms with E-state index in [9.17, 15) is 19.7 Å². The summed E-state index contributed by atoms with van der Waals surface area (Å²) in [5.41, 5.74) is 7.36. The number of carbonyl (C=O) groups is 2. The summed E-state index contributed by atoms with van der Waals surface area (Å²) in [4.78, 5) is 34.0. The zero-order valence-electron chi connectivity index (χ0n) is 14.0. The number of nitro groups is 1. The molecule has 1 amide bonds. The number of nitrogens with two attached hydrogens (primary N) is 1. The van der Waals surface area contributed by atoms with Crippen LogP contribution >= 0.6 is 11.6 Å². The van der Waals surface area contributed by atoms with E-state index in [4.69, 9.17) is 22.1 Å². The molecule has 0 aliphatic rings. The van der Waals surface area contributed by atoms with Crippen molar-refractivity contribution in [2.45, 2.75) is 13.8 Å². The lowest BCUT2D eigenvalue weighted by Gasteiger charge is -2.12. The third kappa shape index (κ3) is 4.48. The van der Waals surface area contributed by atoms with Gasteiger partial charge in [0.15, 0.2) is 6.61 Å². The molecule has 26 heavy (non-hydrogen) atoms. The smallest absolute Gasteiger partial charge is 0.340 e. The first kappa shape index (κ1) is 19.2. The van der Waals surface area contributed by atoms with Gasteiger partial charge in [-0.3, -0.25) is 14.9 Å². The Labute approximate surface area is 154 Å². The number of esters is 1. The molecule has 0 fully saturated rings. The summed E-state index contributed by atoms with van der Waals surface area (Å²) in [6.07, 6.45) is 0. The van der Waals surface area contributed by atoms with Gasteiger partial charge in [-0.15, -0.1) is 0 Å². The molecule has 0 saturated carbocycles. The average molecular weight is 378 g/mol. The highest BCUT2D eigenvalue weighted by Gasteiger charge is 2.17. The standard InChI is InChI=1S/C17H16ClN3O5/c1-9-5-10(2)16(13(18)6-9)20-15(22)8-26-17(23)12-4-3-11(21(24)25)7-14(12)19/h3-7H,8,19H2,1-2H3,(H,20,22). The van der Waals surface area contributed by atoms with Gasteiger partial charge in [-0.2, -0.15) is 0 Å². The van der Waals surface area contributed by atoms with Crippen LogP contribution in [0.3, 0.4) is 0 Å². The fraction of sp³-hybridized carbons (Fsp3) is 0.176. The second-order valence-corrected chi connectivity index (χ2v) is 6.00. The maximum absolute atomic E-state index is 12.0. The van der Waals surface area contributed by atoms with Crippen LogP contribution in [0.2, 0.25) is 5.02 Å². The highest BCUT2D eigenvalue weighted by molar-refractivity contribution is 6.34. The lowest BCUT2D eigenvalue weighted by Crippen LogP contribution is -2.22. The van der Waals surface area contributed by atoms with Gasteiger partial charge in [0.1, 0.15) is 0 Å². The summed E-state index contributed by atoms with van der Waals surface area (Å²) >= 11 is 6.10. The van der Waals surface area contributed by atoms with E-state index in [2.05, 4.69) is 5.32 Å². The second-order valence-electron chi connectivity index (χ2n) is 5.59. The number of non-ortho nitro benzene ring substituents is 1. The Morgan fingerprint density at radius 1 is 1.27 bits per heavy atom. The van der Waals surface area contributed by atoms with Crippen LogP contribution in [0.15, 0.2) is 30.3 Å². The Morgan fingerprint density at radius 2 is 1.96 bits per heavy atom. The number of carbonyl (C=O) groups excluding carboxylic acids is 2. The molecule has 0 spiro atoms. The van der Waals surface area contributed by atoms with Gasteiger partial charge >= 0.3 is 5.97 Å². The maximum Gasteiger partial charge on any atom is 0.340 e. The van der Waals surface area contributed by atoms with Gasteiger partial charge in [0, 0.05) is 12.1 Å². The van der Waals surface area contributed by atoms with Crippen LogP contribution in [0.25, 0.3) is 0 Å². The summed E-state index contributed by atoms with van der Waals surface area (Å²) in [6, 6.07) is 6.90. The summed E-state index contributed by atoms with van der Waals surface area (Å²) in [5, 5.41) is 13.6. The Bertz CT molecular complexity index is 875. The predicted molar refractivity (Wildman–Crippen MR) is 97.3 cm³/mol. The molecule has 0 heterocycles. The molecule has 9 heteroatoms. The minimum absolute atomic E-state index is 0.0621. The number of ether oxygens (including phenoxy) is 1. The second kappa shape index (κ2) is 7.83. The van der Waals surface area contributed by atoms with Gasteiger partial charge in [0.05, 0.1) is 26.9 Å². The van der Waals surface area contributed by atoms with Gasteiger partial charge in [0.25, 0.3) is 11.6 Å². The minimum atomic E-state index is -0.862. The molecule has 0 bridgehead atoms. The van der Waals surface area contributed by atoms with Gasteiger partial charge in [-0.25, -0.2) is 4.79 Å². The van der Waals surface area contributed by atoms with Crippen molar-refractivity contribution >= 4 is 40.5 Å². The maximum atomic E-state index is 12.0. The number of nitrogens with zero attached hydrogens (tertiary/aromatic N) is 1. The SMILES string of the molecule is Cc1cc(C)c(NC(=O)COC(=O)c2ccc([N+](=O)[O-])cc2N)c(Cl)c1. The van der Waals surface area contributed by atoms with E-state index in [1.54, 1.807) is 13.0 Å². The fourth-order valence-electron chi connectivity index (χ4n) is 2.31. The van der Waals surface area contributed by atoms with Gasteiger partial charge in [0.2, 0.25) is 0 Å². The zero-order chi connectivity index (χ0) is 19.4. The third-order valence-electron chi connectivity index (χ3n) is 3.50. The Balaban J connectivity index is 2.01. The Hall–Kier alpha value is -3.13. The van der Waals surface area contributed by atoms with Crippen molar-refractivity contribution in [2.75, 3.05) is 17.7 Å². The van der Waals surface area contributed by atoms with Gasteiger partial charge in [-0.1, -0.05) is 17.7 Å². The Morgan fingerprint density at radius 3 is 2.54 bits per heavy atom. The van der Waals surface area contributed by atoms with Crippen molar-refractivity contribution in [1.29, 1.82) is 0 Å². The minimum Gasteiger partial charge on any atom is -0.452 e. The van der Waals surface area contributed by atoms with Crippen LogP contribution in [0.4, 0.5) is 17.1 Å². The van der Waals surface area contributed by atoms with Crippen LogP contribution < -0.4 is 11.1 Å². The number of aryl methyl sites for hydroxylation is 2. The lowest BCUT2D eigenvalue weighted by atomic mass is 10.1. The van der Waals surface area contributed by atoms with Crippen LogP contribution in [0, 0.1) is 24.0 Å². The average Bonchev–Trinajstić information content (AvgIpc) is 2.55. The predicted octanol–water partition coefficient (Wildman–Crippen LogP) is 3.24. The number of amides is 1. The molecule has 2 rings (SSSR count). The number of anilines is 2. The topological polar surface area (TPSA) is 125 Å². The number of nitrogen functional groups attached to an aromatic ring is 1. The van der Waals surface area contributed by atoms with Gasteiger partial charge < -0.3 is 15.8 Å². The van der Waals surface area contributed by atoms with E-state index in [-0.39, 0.29) is 16.9 Å². The first-order valence-corrected chi connectivity index (χ1v) is 7.84. The molecule has 0 atom stereocenters. The van der Waals surface area contributed by atoms with Crippen molar-refractivity contribution in [3.8, 4) is 0 Å². The number of hydrogen-bond donors (Lipinski definition) is 2. The van der Waals surface area contributed by atoms with E-state index >= 15 is 0 Å². The van der Waals surface area contributed by atoms with Crippen LogP contribution in [-0.4, -0.2) is 23.4 Å². The first-order valence-electron chi connectivity index (χ1n) is 7.46. The normalized spacial score (nSPS) is 10.3. The number of rotatable bonds is 5. The summed E-state index contributed by atoms with van der Waals surface area (Å²) < 4.78 is 4.90. The van der Waals surface area contributed by atoms with Crippen molar-refractivity contribution in [3.63, 3.8) is 0 Å². The first-order chi connectivity index (χ1) is 12.2. The molecular formula is C17H16ClN3O5. The molecule has 0 unspecified atom stereocenters. The number of benzene rings is 2. The molecule has 0 aliphatic heterocycles. The largest absolute Gasteiger partial charge is 0.452 e. The highest BCUT2D eigenvalue weighted by atomic mass is 35.5. The van der Waals surface area contributed by atoms with Crippen LogP contribution in [-0.2, 0) is 9.53 Å². The molecular weight excluding hydrogens is 362 g/mol. The van der Waals surface area contributed by atoms with E-state index in [1.165, 1.54) is 6.07 Å². The third-order valence-corrected chi connectivity index (χ3v) is 3.79. The van der Waals surface area contributed by atoms with E-state index in [1.807, 2.05) is 13.0 Å². The van der Waals surface area contributed by atoms with Crippen LogP contribution in [0.5, 0.6) is 0 Å². The lowest BCUT2D eigenvalue weighted by molar-refractivity contribution is -0.384. The molecule has 8 nitrogen and oxygen atoms in total. The van der Waals surface area contributed by atoms with E-state index < -0.39 is 23.4 Å². The molecule has 0 aliphatic carbocycles. The van der Waals surface area contributed by atoms with Crippen molar-refractivity contribution in [3.05, 3.63) is 62.2 Å². The molecule has 136 valence electrons. The Kier molecular flexibility index (Phi) is 5.78. The molecule has 3 N–H and O–H groups in total. The molecule has 0 radical (unpaired) electrons. The number of hydrogen-bond acceptors (Lipinski definition) is 6. The number of nitro benzene ring substituents is 1. The fourth-order valence-corrected chi connectivity index (χ4v) is 2.68. The molecule has 0 saturated heterocycles. The van der Waals surface area contributed by atoms with Gasteiger partial charge in [-0.05, 0) is 37.1 Å². The summed E-state index contributed by atoms with van der Waals surface area (Å²) in [5.74, 6) is -1.44. The molecule has 2 aromatic rings. The van der Waals surface area contributed by atoms with E-state index in [0.717, 1.165) is 23.3 Å². The van der Waals surface area contributed by atoms with Crippen molar-refractivity contribution < 1.29 is 19.2 Å². The molecule has 2 aromatic carbocycles. The highest BCUT2D eigenvalue weighted by Crippen LogP contribution is 2.27. The molecule has 0 aromatic heterocycles. The summed E-state index contributed by atoms with van der Waals surface area (Å²) in [6.45, 7) is 3.11.